The zero-order valence-electron chi connectivity index (χ0n) is 10.4. The van der Waals surface area contributed by atoms with Crippen LogP contribution in [-0.2, 0) is 6.54 Å². The van der Waals surface area contributed by atoms with Crippen molar-refractivity contribution in [2.45, 2.75) is 26.8 Å². The van der Waals surface area contributed by atoms with E-state index in [1.54, 1.807) is 18.2 Å². The zero-order valence-corrected chi connectivity index (χ0v) is 10.4. The van der Waals surface area contributed by atoms with Crippen LogP contribution in [0.4, 0.5) is 5.69 Å². The van der Waals surface area contributed by atoms with Crippen LogP contribution in [0.1, 0.15) is 20.3 Å². The van der Waals surface area contributed by atoms with Crippen LogP contribution >= 0.6 is 0 Å². The molecule has 2 aromatic rings. The van der Waals surface area contributed by atoms with Gasteiger partial charge in [-0.05, 0) is 32.4 Å². The molecule has 0 unspecified atom stereocenters. The van der Waals surface area contributed by atoms with Gasteiger partial charge >= 0.3 is 5.76 Å². The number of hydrogen-bond donors (Lipinski definition) is 1. The molecule has 0 radical (unpaired) electrons. The van der Waals surface area contributed by atoms with Crippen molar-refractivity contribution in [1.29, 1.82) is 5.26 Å². The third-order valence-corrected chi connectivity index (χ3v) is 2.96. The lowest BCUT2D eigenvalue weighted by atomic mass is 9.91. The highest BCUT2D eigenvalue weighted by molar-refractivity contribution is 5.76. The summed E-state index contributed by atoms with van der Waals surface area (Å²) in [5.74, 6) is -0.413. The maximum absolute atomic E-state index is 11.7. The van der Waals surface area contributed by atoms with Crippen LogP contribution in [0.15, 0.2) is 27.4 Å². The molecule has 5 heteroatoms. The standard InChI is InChI=1S/C13H15N3O2/c1-13(2,8-14)5-6-16-10-4-3-9(15)7-11(10)18-12(16)17/h3-4,7H,5-6,15H2,1-2H3. The Balaban J connectivity index is 2.37. The van der Waals surface area contributed by atoms with Gasteiger partial charge in [0, 0.05) is 18.3 Å². The van der Waals surface area contributed by atoms with Crippen LogP contribution in [0.2, 0.25) is 0 Å². The van der Waals surface area contributed by atoms with Crippen LogP contribution in [0.25, 0.3) is 11.1 Å². The van der Waals surface area contributed by atoms with E-state index in [1.807, 2.05) is 13.8 Å². The second-order valence-electron chi connectivity index (χ2n) is 4.99. The molecule has 1 aromatic heterocycles. The van der Waals surface area contributed by atoms with Gasteiger partial charge in [0.2, 0.25) is 0 Å². The van der Waals surface area contributed by atoms with Gasteiger partial charge in [0.05, 0.1) is 17.0 Å². The second kappa shape index (κ2) is 4.22. The van der Waals surface area contributed by atoms with E-state index in [9.17, 15) is 4.79 Å². The van der Waals surface area contributed by atoms with Crippen molar-refractivity contribution < 1.29 is 4.42 Å². The van der Waals surface area contributed by atoms with Gasteiger partial charge < -0.3 is 10.2 Å². The molecule has 5 nitrogen and oxygen atoms in total. The summed E-state index contributed by atoms with van der Waals surface area (Å²) in [7, 11) is 0. The average Bonchev–Trinajstić information content (AvgIpc) is 2.61. The van der Waals surface area contributed by atoms with E-state index in [2.05, 4.69) is 6.07 Å². The van der Waals surface area contributed by atoms with Crippen LogP contribution in [-0.4, -0.2) is 4.57 Å². The minimum absolute atomic E-state index is 0.413. The molecule has 0 amide bonds. The Morgan fingerprint density at radius 1 is 1.50 bits per heavy atom. The van der Waals surface area contributed by atoms with E-state index < -0.39 is 11.2 Å². The highest BCUT2D eigenvalue weighted by Gasteiger charge is 2.18. The van der Waals surface area contributed by atoms with Crippen molar-refractivity contribution in [1.82, 2.24) is 4.57 Å². The van der Waals surface area contributed by atoms with Gasteiger partial charge in [-0.1, -0.05) is 0 Å². The number of rotatable bonds is 3. The van der Waals surface area contributed by atoms with Crippen molar-refractivity contribution in [2.24, 2.45) is 5.41 Å². The van der Waals surface area contributed by atoms with Gasteiger partial charge in [0.25, 0.3) is 0 Å². The Labute approximate surface area is 104 Å². The fourth-order valence-electron chi connectivity index (χ4n) is 1.74. The maximum atomic E-state index is 11.7. The smallest absolute Gasteiger partial charge is 0.408 e. The molecule has 0 saturated carbocycles. The summed E-state index contributed by atoms with van der Waals surface area (Å²) in [6.45, 7) is 4.15. The van der Waals surface area contributed by atoms with E-state index in [-0.39, 0.29) is 0 Å². The summed E-state index contributed by atoms with van der Waals surface area (Å²) >= 11 is 0. The van der Waals surface area contributed by atoms with Gasteiger partial charge in [0.15, 0.2) is 5.58 Å². The molecule has 2 rings (SSSR count). The molecule has 0 aliphatic carbocycles. The van der Waals surface area contributed by atoms with Gasteiger partial charge in [-0.15, -0.1) is 0 Å². The molecule has 0 aliphatic heterocycles. The fourth-order valence-corrected chi connectivity index (χ4v) is 1.74. The van der Waals surface area contributed by atoms with Gasteiger partial charge in [-0.3, -0.25) is 4.57 Å². The zero-order chi connectivity index (χ0) is 13.3. The third-order valence-electron chi connectivity index (χ3n) is 2.96. The lowest BCUT2D eigenvalue weighted by Gasteiger charge is -2.14. The van der Waals surface area contributed by atoms with E-state index >= 15 is 0 Å². The first-order valence-electron chi connectivity index (χ1n) is 5.73. The summed E-state index contributed by atoms with van der Waals surface area (Å²) in [4.78, 5) is 11.7. The Bertz CT molecular complexity index is 674. The normalized spacial score (nSPS) is 11.6. The minimum atomic E-state index is -0.461. The van der Waals surface area contributed by atoms with E-state index in [4.69, 9.17) is 15.4 Å². The highest BCUT2D eigenvalue weighted by Crippen LogP contribution is 2.22. The second-order valence-corrected chi connectivity index (χ2v) is 4.99. The van der Waals surface area contributed by atoms with Crippen molar-refractivity contribution in [3.05, 3.63) is 28.7 Å². The number of nitrogens with zero attached hydrogens (tertiary/aromatic N) is 2. The van der Waals surface area contributed by atoms with E-state index in [1.165, 1.54) is 4.57 Å². The summed E-state index contributed by atoms with van der Waals surface area (Å²) in [6.07, 6.45) is 0.586. The van der Waals surface area contributed by atoms with E-state index in [0.717, 1.165) is 0 Å². The topological polar surface area (TPSA) is 85.0 Å². The molecule has 0 saturated heterocycles. The van der Waals surface area contributed by atoms with Crippen LogP contribution in [0, 0.1) is 16.7 Å². The number of nitriles is 1. The molecule has 94 valence electrons. The first-order valence-corrected chi connectivity index (χ1v) is 5.73. The Kier molecular flexibility index (Phi) is 2.87. The molecule has 1 aromatic carbocycles. The predicted octanol–water partition coefficient (Wildman–Crippen LogP) is 2.12. The van der Waals surface area contributed by atoms with Gasteiger partial charge in [0.1, 0.15) is 0 Å². The van der Waals surface area contributed by atoms with Crippen LogP contribution < -0.4 is 11.5 Å². The summed E-state index contributed by atoms with van der Waals surface area (Å²) < 4.78 is 6.66. The SMILES string of the molecule is CC(C)(C#N)CCn1c(=O)oc2cc(N)ccc21. The number of aromatic nitrogens is 1. The molecular weight excluding hydrogens is 230 g/mol. The number of anilines is 1. The molecule has 18 heavy (non-hydrogen) atoms. The van der Waals surface area contributed by atoms with Crippen LogP contribution in [0.5, 0.6) is 0 Å². The van der Waals surface area contributed by atoms with Crippen molar-refractivity contribution in [3.63, 3.8) is 0 Å². The molecule has 0 atom stereocenters. The molecule has 0 fully saturated rings. The largest absolute Gasteiger partial charge is 0.419 e. The molecule has 0 spiro atoms. The average molecular weight is 245 g/mol. The van der Waals surface area contributed by atoms with E-state index in [0.29, 0.717) is 29.8 Å². The van der Waals surface area contributed by atoms with Crippen LogP contribution in [0.3, 0.4) is 0 Å². The summed E-state index contributed by atoms with van der Waals surface area (Å²) in [5, 5.41) is 8.96. The molecule has 0 aliphatic rings. The first-order chi connectivity index (χ1) is 8.43. The monoisotopic (exact) mass is 245 g/mol. The third kappa shape index (κ3) is 2.23. The number of aryl methyl sites for hydroxylation is 1. The fraction of sp³-hybridized carbons (Fsp3) is 0.385. The number of oxazole rings is 1. The highest BCUT2D eigenvalue weighted by atomic mass is 16.4. The minimum Gasteiger partial charge on any atom is -0.408 e. The lowest BCUT2D eigenvalue weighted by molar-refractivity contribution is 0.399. The number of hydrogen-bond acceptors (Lipinski definition) is 4. The van der Waals surface area contributed by atoms with Crippen molar-refractivity contribution >= 4 is 16.8 Å². The van der Waals surface area contributed by atoms with Crippen molar-refractivity contribution in [2.75, 3.05) is 5.73 Å². The Hall–Kier alpha value is -2.22. The quantitative estimate of drug-likeness (QED) is 0.839. The lowest BCUT2D eigenvalue weighted by Crippen LogP contribution is -2.19. The Morgan fingerprint density at radius 3 is 2.89 bits per heavy atom. The summed E-state index contributed by atoms with van der Waals surface area (Å²) in [6, 6.07) is 7.33. The summed E-state index contributed by atoms with van der Waals surface area (Å²) in [5.41, 5.74) is 6.92. The molecule has 0 bridgehead atoms. The number of benzene rings is 1. The van der Waals surface area contributed by atoms with Gasteiger partial charge in [-0.2, -0.15) is 5.26 Å². The predicted molar refractivity (Wildman–Crippen MR) is 68.9 cm³/mol. The number of fused-ring (bicyclic) bond motifs is 1. The molecular formula is C13H15N3O2. The first kappa shape index (κ1) is 12.2. The Morgan fingerprint density at radius 2 is 2.22 bits per heavy atom. The number of nitrogens with two attached hydrogens (primary N) is 1. The molecule has 2 N–H and O–H groups in total. The van der Waals surface area contributed by atoms with Gasteiger partial charge in [-0.25, -0.2) is 4.79 Å². The van der Waals surface area contributed by atoms with Crippen molar-refractivity contribution in [3.8, 4) is 6.07 Å². The molecule has 1 heterocycles. The number of nitrogen functional groups attached to an aromatic ring is 1. The maximum Gasteiger partial charge on any atom is 0.419 e.